The third-order valence-corrected chi connectivity index (χ3v) is 2.86. The Morgan fingerprint density at radius 1 is 1.22 bits per heavy atom. The number of hydrogen-bond acceptors (Lipinski definition) is 3. The summed E-state index contributed by atoms with van der Waals surface area (Å²) in [4.78, 5) is 9.00. The van der Waals surface area contributed by atoms with Crippen LogP contribution in [0.5, 0.6) is 0 Å². The van der Waals surface area contributed by atoms with Gasteiger partial charge in [0.05, 0.1) is 0 Å². The van der Waals surface area contributed by atoms with Crippen LogP contribution >= 0.6 is 0 Å². The second kappa shape index (κ2) is 6.52. The topological polar surface area (TPSA) is 83.5 Å². The Kier molecular flexibility index (Phi) is 6.01. The van der Waals surface area contributed by atoms with Gasteiger partial charge in [-0.15, -0.1) is 0 Å². The maximum Gasteiger partial charge on any atom is 0.300 e. The predicted octanol–water partition coefficient (Wildman–Crippen LogP) is 2.01. The Morgan fingerprint density at radius 3 is 1.94 bits per heavy atom. The van der Waals surface area contributed by atoms with Crippen LogP contribution in [0.15, 0.2) is 30.3 Å². The Balaban J connectivity index is 0.000000631. The molecule has 0 bridgehead atoms. The van der Waals surface area contributed by atoms with Crippen molar-refractivity contribution in [2.45, 2.75) is 39.8 Å². The van der Waals surface area contributed by atoms with Gasteiger partial charge in [-0.3, -0.25) is 4.79 Å². The molecular formula is C14H23NO3. The first kappa shape index (κ1) is 16.6. The summed E-state index contributed by atoms with van der Waals surface area (Å²) in [5.41, 5.74) is 5.44. The van der Waals surface area contributed by atoms with Crippen LogP contribution in [0.1, 0.15) is 33.3 Å². The highest BCUT2D eigenvalue weighted by molar-refractivity contribution is 5.62. The standard InChI is InChI=1S/C12H19NO.C2H4O2/c1-11(2,12(3,13)14)9-10-7-5-4-6-8-10;1-2(3)4/h4-8,14H,9,13H2,1-3H3;1H3,(H,3,4). The van der Waals surface area contributed by atoms with Crippen molar-refractivity contribution in [3.8, 4) is 0 Å². The Morgan fingerprint density at radius 2 is 1.61 bits per heavy atom. The lowest BCUT2D eigenvalue weighted by atomic mass is 9.77. The molecular weight excluding hydrogens is 230 g/mol. The fourth-order valence-electron chi connectivity index (χ4n) is 1.29. The summed E-state index contributed by atoms with van der Waals surface area (Å²) in [6.45, 7) is 6.68. The van der Waals surface area contributed by atoms with E-state index in [1.807, 2.05) is 44.2 Å². The van der Waals surface area contributed by atoms with Crippen LogP contribution in [-0.4, -0.2) is 21.9 Å². The summed E-state index contributed by atoms with van der Waals surface area (Å²) in [5.74, 6) is -0.833. The second-order valence-corrected chi connectivity index (χ2v) is 5.21. The fourth-order valence-corrected chi connectivity index (χ4v) is 1.29. The summed E-state index contributed by atoms with van der Waals surface area (Å²) in [5, 5.41) is 17.2. The minimum atomic E-state index is -1.15. The highest BCUT2D eigenvalue weighted by atomic mass is 16.4. The van der Waals surface area contributed by atoms with Gasteiger partial charge >= 0.3 is 0 Å². The largest absolute Gasteiger partial charge is 0.481 e. The molecule has 0 aromatic heterocycles. The number of hydrogen-bond donors (Lipinski definition) is 3. The Labute approximate surface area is 108 Å². The average molecular weight is 253 g/mol. The zero-order chi connectivity index (χ0) is 14.4. The zero-order valence-electron chi connectivity index (χ0n) is 11.5. The van der Waals surface area contributed by atoms with Gasteiger partial charge in [0.15, 0.2) is 0 Å². The van der Waals surface area contributed by atoms with Gasteiger partial charge in [-0.1, -0.05) is 44.2 Å². The maximum absolute atomic E-state index is 9.78. The van der Waals surface area contributed by atoms with Gasteiger partial charge in [-0.2, -0.15) is 0 Å². The number of carboxylic acids is 1. The molecule has 1 atom stereocenters. The lowest BCUT2D eigenvalue weighted by molar-refractivity contribution is -0.134. The number of carbonyl (C=O) groups is 1. The first-order valence-corrected chi connectivity index (χ1v) is 5.81. The van der Waals surface area contributed by atoms with Crippen molar-refractivity contribution < 1.29 is 15.0 Å². The van der Waals surface area contributed by atoms with Crippen molar-refractivity contribution >= 4 is 5.97 Å². The lowest BCUT2D eigenvalue weighted by Crippen LogP contribution is -2.51. The van der Waals surface area contributed by atoms with E-state index >= 15 is 0 Å². The van der Waals surface area contributed by atoms with Gasteiger partial charge in [0.2, 0.25) is 0 Å². The SMILES string of the molecule is CC(=O)O.CC(N)(O)C(C)(C)Cc1ccccc1. The molecule has 0 aliphatic heterocycles. The van der Waals surface area contributed by atoms with E-state index in [9.17, 15) is 5.11 Å². The van der Waals surface area contributed by atoms with Crippen molar-refractivity contribution in [2.75, 3.05) is 0 Å². The maximum atomic E-state index is 9.78. The van der Waals surface area contributed by atoms with E-state index in [0.717, 1.165) is 13.3 Å². The quantitative estimate of drug-likeness (QED) is 0.719. The second-order valence-electron chi connectivity index (χ2n) is 5.21. The van der Waals surface area contributed by atoms with Crippen molar-refractivity contribution in [1.82, 2.24) is 0 Å². The van der Waals surface area contributed by atoms with Crippen LogP contribution in [-0.2, 0) is 11.2 Å². The van der Waals surface area contributed by atoms with Crippen LogP contribution in [0.25, 0.3) is 0 Å². The van der Waals surface area contributed by atoms with Gasteiger partial charge in [0.25, 0.3) is 5.97 Å². The molecule has 1 aromatic rings. The number of aliphatic hydroxyl groups is 1. The Hall–Kier alpha value is -1.39. The highest BCUT2D eigenvalue weighted by Crippen LogP contribution is 2.30. The zero-order valence-corrected chi connectivity index (χ0v) is 11.5. The molecule has 18 heavy (non-hydrogen) atoms. The molecule has 0 heterocycles. The molecule has 1 rings (SSSR count). The third kappa shape index (κ3) is 6.37. The molecule has 0 spiro atoms. The van der Waals surface area contributed by atoms with Crippen molar-refractivity contribution in [3.63, 3.8) is 0 Å². The molecule has 0 aliphatic carbocycles. The van der Waals surface area contributed by atoms with Crippen molar-refractivity contribution in [3.05, 3.63) is 35.9 Å². The van der Waals surface area contributed by atoms with Crippen LogP contribution in [0.3, 0.4) is 0 Å². The number of rotatable bonds is 3. The van der Waals surface area contributed by atoms with Crippen LogP contribution < -0.4 is 5.73 Å². The molecule has 102 valence electrons. The molecule has 4 N–H and O–H groups in total. The molecule has 0 saturated carbocycles. The van der Waals surface area contributed by atoms with Gasteiger partial charge in [0.1, 0.15) is 5.72 Å². The molecule has 1 unspecified atom stereocenters. The number of nitrogens with two attached hydrogens (primary N) is 1. The first-order chi connectivity index (χ1) is 8.06. The van der Waals surface area contributed by atoms with E-state index in [2.05, 4.69) is 0 Å². The summed E-state index contributed by atoms with van der Waals surface area (Å²) in [7, 11) is 0. The molecule has 4 nitrogen and oxygen atoms in total. The van der Waals surface area contributed by atoms with Gasteiger partial charge < -0.3 is 15.9 Å². The van der Waals surface area contributed by atoms with Crippen LogP contribution in [0, 0.1) is 5.41 Å². The van der Waals surface area contributed by atoms with Gasteiger partial charge in [-0.05, 0) is 18.9 Å². The number of aliphatic carboxylic acids is 1. The van der Waals surface area contributed by atoms with Gasteiger partial charge in [-0.25, -0.2) is 0 Å². The van der Waals surface area contributed by atoms with E-state index < -0.39 is 11.7 Å². The summed E-state index contributed by atoms with van der Waals surface area (Å²) in [6, 6.07) is 10.1. The normalized spacial score (nSPS) is 14.1. The third-order valence-electron chi connectivity index (χ3n) is 2.86. The van der Waals surface area contributed by atoms with E-state index in [0.29, 0.717) is 0 Å². The van der Waals surface area contributed by atoms with Crippen molar-refractivity contribution in [2.24, 2.45) is 11.1 Å². The van der Waals surface area contributed by atoms with E-state index in [1.165, 1.54) is 5.56 Å². The number of benzene rings is 1. The minimum absolute atomic E-state index is 0.325. The molecule has 0 saturated heterocycles. The predicted molar refractivity (Wildman–Crippen MR) is 72.0 cm³/mol. The lowest BCUT2D eigenvalue weighted by Gasteiger charge is -2.37. The highest BCUT2D eigenvalue weighted by Gasteiger charge is 2.35. The van der Waals surface area contributed by atoms with Crippen LogP contribution in [0.4, 0.5) is 0 Å². The number of carboxylic acid groups (broad SMARTS) is 1. The summed E-state index contributed by atoms with van der Waals surface area (Å²) >= 11 is 0. The Bertz CT molecular complexity index is 362. The van der Waals surface area contributed by atoms with Crippen molar-refractivity contribution in [1.29, 1.82) is 0 Å². The van der Waals surface area contributed by atoms with E-state index in [1.54, 1.807) is 6.92 Å². The molecule has 0 fully saturated rings. The van der Waals surface area contributed by atoms with E-state index in [-0.39, 0.29) is 5.41 Å². The molecule has 1 aromatic carbocycles. The first-order valence-electron chi connectivity index (χ1n) is 5.81. The van der Waals surface area contributed by atoms with Crippen LogP contribution in [0.2, 0.25) is 0 Å². The molecule has 0 aliphatic rings. The minimum Gasteiger partial charge on any atom is -0.481 e. The molecule has 0 radical (unpaired) electrons. The molecule has 0 amide bonds. The van der Waals surface area contributed by atoms with E-state index in [4.69, 9.17) is 15.6 Å². The smallest absolute Gasteiger partial charge is 0.300 e. The summed E-state index contributed by atoms with van der Waals surface area (Å²) < 4.78 is 0. The van der Waals surface area contributed by atoms with Gasteiger partial charge in [0, 0.05) is 12.3 Å². The fraction of sp³-hybridized carbons (Fsp3) is 0.500. The monoisotopic (exact) mass is 253 g/mol. The molecule has 4 heteroatoms. The average Bonchev–Trinajstić information content (AvgIpc) is 2.15. The summed E-state index contributed by atoms with van der Waals surface area (Å²) in [6.07, 6.45) is 0.775.